The Morgan fingerprint density at radius 1 is 1.38 bits per heavy atom. The molecule has 1 aromatic carbocycles. The fourth-order valence-corrected chi connectivity index (χ4v) is 1.91. The van der Waals surface area contributed by atoms with Crippen LogP contribution < -0.4 is 21.6 Å². The first kappa shape index (κ1) is 19.0. The van der Waals surface area contributed by atoms with Gasteiger partial charge in [-0.05, 0) is 25.1 Å². The molecule has 0 saturated carbocycles. The van der Waals surface area contributed by atoms with Gasteiger partial charge >= 0.3 is 18.1 Å². The van der Waals surface area contributed by atoms with Crippen molar-refractivity contribution in [3.8, 4) is 0 Å². The van der Waals surface area contributed by atoms with Crippen molar-refractivity contribution in [2.24, 2.45) is 5.73 Å². The fraction of sp³-hybridized carbons (Fsp3) is 0.200. The topological polar surface area (TPSA) is 124 Å². The number of aromatic nitrogens is 2. The van der Waals surface area contributed by atoms with Crippen molar-refractivity contribution in [2.45, 2.75) is 13.1 Å². The number of anilines is 1. The number of rotatable bonds is 4. The highest BCUT2D eigenvalue weighted by Gasteiger charge is 2.35. The molecule has 0 fully saturated rings. The van der Waals surface area contributed by atoms with E-state index in [-0.39, 0.29) is 18.1 Å². The van der Waals surface area contributed by atoms with Crippen molar-refractivity contribution in [1.29, 1.82) is 0 Å². The molecule has 0 aliphatic rings. The molecule has 1 heterocycles. The smallest absolute Gasteiger partial charge is 0.443 e. The van der Waals surface area contributed by atoms with Gasteiger partial charge in [-0.3, -0.25) is 10.1 Å². The van der Waals surface area contributed by atoms with Crippen molar-refractivity contribution in [3.63, 3.8) is 0 Å². The monoisotopic (exact) mass is 370 g/mol. The van der Waals surface area contributed by atoms with Crippen LogP contribution >= 0.6 is 0 Å². The molecule has 8 nitrogen and oxygen atoms in total. The quantitative estimate of drug-likeness (QED) is 0.344. The number of alkyl halides is 3. The number of carbonyl (C=O) groups excluding carboxylic acids is 1. The number of guanidine groups is 1. The highest BCUT2D eigenvalue weighted by atomic mass is 19.4. The molecule has 0 atom stereocenters. The minimum Gasteiger partial charge on any atom is -0.462 e. The van der Waals surface area contributed by atoms with Crippen molar-refractivity contribution in [1.82, 2.24) is 9.97 Å². The van der Waals surface area contributed by atoms with Gasteiger partial charge in [0.05, 0.1) is 23.9 Å². The van der Waals surface area contributed by atoms with E-state index in [9.17, 15) is 22.8 Å². The highest BCUT2D eigenvalue weighted by molar-refractivity contribution is 5.93. The average molecular weight is 370 g/mol. The van der Waals surface area contributed by atoms with E-state index in [4.69, 9.17) is 10.5 Å². The summed E-state index contributed by atoms with van der Waals surface area (Å²) in [5, 5.41) is 2.64. The standard InChI is InChI=1S/C15H14F3N5O3/c1-2-26-12(25)8-4-3-5-9(6-8)20-13(19)23-14-21-10(15(16,17)18)7-11(24)22-14/h3-7H,2H2,1H3,(H4,19,20,21,22,23,24)/p+1. The number of H-pyrrole nitrogens is 1. The fourth-order valence-electron chi connectivity index (χ4n) is 1.91. The van der Waals surface area contributed by atoms with Gasteiger partial charge in [-0.2, -0.15) is 13.2 Å². The number of esters is 1. The second-order valence-corrected chi connectivity index (χ2v) is 4.94. The van der Waals surface area contributed by atoms with Crippen molar-refractivity contribution in [2.75, 3.05) is 11.9 Å². The molecule has 0 radical (unpaired) electrons. The van der Waals surface area contributed by atoms with E-state index in [0.717, 1.165) is 0 Å². The van der Waals surface area contributed by atoms with E-state index in [2.05, 4.69) is 20.3 Å². The molecule has 0 bridgehead atoms. The Balaban J connectivity index is 2.24. The number of nitrogens with zero attached hydrogens (tertiary/aromatic N) is 1. The van der Waals surface area contributed by atoms with E-state index < -0.39 is 29.3 Å². The number of hydrogen-bond donors (Lipinski definition) is 4. The number of nitrogens with one attached hydrogen (secondary N) is 3. The second kappa shape index (κ2) is 7.68. The van der Waals surface area contributed by atoms with E-state index in [1.807, 2.05) is 0 Å². The summed E-state index contributed by atoms with van der Waals surface area (Å²) < 4.78 is 42.9. The Morgan fingerprint density at radius 3 is 2.77 bits per heavy atom. The van der Waals surface area contributed by atoms with Crippen LogP contribution in [0.1, 0.15) is 23.0 Å². The number of carbonyl (C=O) groups is 1. The summed E-state index contributed by atoms with van der Waals surface area (Å²) in [6, 6.07) is 6.43. The molecule has 1 aromatic heterocycles. The largest absolute Gasteiger partial charge is 0.462 e. The van der Waals surface area contributed by atoms with E-state index in [1.165, 1.54) is 12.1 Å². The molecule has 138 valence electrons. The van der Waals surface area contributed by atoms with Crippen LogP contribution in [-0.2, 0) is 10.9 Å². The maximum atomic E-state index is 12.7. The van der Waals surface area contributed by atoms with Crippen LogP contribution in [0.5, 0.6) is 0 Å². The van der Waals surface area contributed by atoms with Gasteiger partial charge in [-0.1, -0.05) is 6.07 Å². The molecule has 0 aliphatic heterocycles. The number of halogens is 3. The molecular formula is C15H15F3N5O3+. The van der Waals surface area contributed by atoms with E-state index in [0.29, 0.717) is 11.8 Å². The van der Waals surface area contributed by atoms with Gasteiger partial charge in [0, 0.05) is 0 Å². The first-order valence-electron chi connectivity index (χ1n) is 7.31. The summed E-state index contributed by atoms with van der Waals surface area (Å²) in [7, 11) is 0. The predicted octanol–water partition coefficient (Wildman–Crippen LogP) is 0.104. The molecule has 2 rings (SSSR count). The third-order valence-corrected chi connectivity index (χ3v) is 2.94. The van der Waals surface area contributed by atoms with Gasteiger partial charge < -0.3 is 10.5 Å². The highest BCUT2D eigenvalue weighted by Crippen LogP contribution is 2.26. The minimum absolute atomic E-state index is 0.209. The van der Waals surface area contributed by atoms with Crippen molar-refractivity contribution >= 4 is 23.6 Å². The van der Waals surface area contributed by atoms with Gasteiger partial charge in [-0.25, -0.2) is 14.8 Å². The summed E-state index contributed by atoms with van der Waals surface area (Å²) in [6.07, 6.45) is -4.78. The van der Waals surface area contributed by atoms with Gasteiger partial charge in [0.25, 0.3) is 11.5 Å². The van der Waals surface area contributed by atoms with Crippen LogP contribution in [0.25, 0.3) is 0 Å². The lowest BCUT2D eigenvalue weighted by molar-refractivity contribution is -0.366. The molecule has 2 aromatic rings. The molecule has 0 spiro atoms. The summed E-state index contributed by atoms with van der Waals surface area (Å²) >= 11 is 0. The van der Waals surface area contributed by atoms with E-state index in [1.54, 1.807) is 19.1 Å². The number of aromatic amines is 1. The second-order valence-electron chi connectivity index (χ2n) is 4.94. The Hall–Kier alpha value is -3.37. The zero-order chi connectivity index (χ0) is 19.3. The maximum absolute atomic E-state index is 12.7. The van der Waals surface area contributed by atoms with Crippen LogP contribution in [0.3, 0.4) is 0 Å². The van der Waals surface area contributed by atoms with E-state index >= 15 is 0 Å². The number of nitrogens with two attached hydrogens (primary N) is 1. The third-order valence-electron chi connectivity index (χ3n) is 2.94. The Labute approximate surface area is 144 Å². The predicted molar refractivity (Wildman–Crippen MR) is 85.7 cm³/mol. The SMILES string of the molecule is CCOC(=O)c1cccc(NC(N)=[NH+]c2nc(C(F)(F)F)cc(=O)[nH]2)c1. The van der Waals surface area contributed by atoms with Crippen LogP contribution in [0, 0.1) is 0 Å². The minimum atomic E-state index is -4.78. The molecule has 26 heavy (non-hydrogen) atoms. The maximum Gasteiger partial charge on any atom is 0.443 e. The Kier molecular flexibility index (Phi) is 5.60. The molecule has 0 aliphatic carbocycles. The summed E-state index contributed by atoms with van der Waals surface area (Å²) in [6.45, 7) is 1.87. The average Bonchev–Trinajstić information content (AvgIpc) is 2.53. The van der Waals surface area contributed by atoms with Crippen molar-refractivity contribution in [3.05, 3.63) is 51.9 Å². The normalized spacial score (nSPS) is 11.9. The molecule has 5 N–H and O–H groups in total. The van der Waals surface area contributed by atoms with Crippen LogP contribution in [0.4, 0.5) is 24.8 Å². The van der Waals surface area contributed by atoms with Crippen LogP contribution in [-0.4, -0.2) is 28.5 Å². The van der Waals surface area contributed by atoms with Gasteiger partial charge in [-0.15, -0.1) is 4.98 Å². The zero-order valence-corrected chi connectivity index (χ0v) is 13.5. The number of ether oxygens (including phenoxy) is 1. The van der Waals surface area contributed by atoms with Crippen molar-refractivity contribution < 1.29 is 27.7 Å². The van der Waals surface area contributed by atoms with Gasteiger partial charge in [0.15, 0.2) is 5.69 Å². The first-order chi connectivity index (χ1) is 12.2. The Bertz CT molecular complexity index is 893. The number of benzene rings is 1. The molecule has 0 amide bonds. The van der Waals surface area contributed by atoms with Crippen LogP contribution in [0.15, 0.2) is 35.1 Å². The zero-order valence-electron chi connectivity index (χ0n) is 13.5. The number of hydrogen-bond acceptors (Lipinski definition) is 4. The summed E-state index contributed by atoms with van der Waals surface area (Å²) in [5.74, 6) is -1.24. The summed E-state index contributed by atoms with van der Waals surface area (Å²) in [4.78, 5) is 30.7. The first-order valence-corrected chi connectivity index (χ1v) is 7.31. The lowest BCUT2D eigenvalue weighted by Gasteiger charge is -2.05. The van der Waals surface area contributed by atoms with Gasteiger partial charge in [0.2, 0.25) is 0 Å². The molecular weight excluding hydrogens is 355 g/mol. The Morgan fingerprint density at radius 2 is 2.12 bits per heavy atom. The van der Waals surface area contributed by atoms with Gasteiger partial charge in [0.1, 0.15) is 0 Å². The molecule has 0 saturated heterocycles. The summed E-state index contributed by atoms with van der Waals surface area (Å²) in [5.41, 5.74) is 3.94. The molecule has 0 unspecified atom stereocenters. The van der Waals surface area contributed by atoms with Crippen LogP contribution in [0.2, 0.25) is 0 Å². The lowest BCUT2D eigenvalue weighted by Crippen LogP contribution is -2.73. The lowest BCUT2D eigenvalue weighted by atomic mass is 10.2. The third kappa shape index (κ3) is 5.06. The molecule has 11 heteroatoms.